The monoisotopic (exact) mass is 284 g/mol. The highest BCUT2D eigenvalue weighted by molar-refractivity contribution is 6.03. The molecule has 0 atom stereocenters. The van der Waals surface area contributed by atoms with Gasteiger partial charge in [-0.2, -0.15) is 5.10 Å². The van der Waals surface area contributed by atoms with E-state index in [1.807, 2.05) is 0 Å². The highest BCUT2D eigenvalue weighted by Gasteiger charge is 2.15. The predicted molar refractivity (Wildman–Crippen MR) is 74.5 cm³/mol. The number of pyridine rings is 1. The van der Waals surface area contributed by atoms with Crippen molar-refractivity contribution in [1.29, 1.82) is 0 Å². The van der Waals surface area contributed by atoms with Crippen LogP contribution in [0.25, 0.3) is 10.9 Å². The third-order valence-corrected chi connectivity index (χ3v) is 2.85. The van der Waals surface area contributed by atoms with Crippen LogP contribution in [0, 0.1) is 5.82 Å². The quantitative estimate of drug-likeness (QED) is 0.750. The van der Waals surface area contributed by atoms with E-state index in [0.29, 0.717) is 11.3 Å². The summed E-state index contributed by atoms with van der Waals surface area (Å²) in [5.41, 5.74) is -0.633. The number of aromatic nitrogens is 3. The second kappa shape index (κ2) is 5.12. The van der Waals surface area contributed by atoms with Crippen molar-refractivity contribution >= 4 is 22.6 Å². The summed E-state index contributed by atoms with van der Waals surface area (Å²) in [6.45, 7) is 0. The molecule has 0 radical (unpaired) electrons. The number of hydrogen-bond donors (Lipinski definition) is 2. The second-order valence-electron chi connectivity index (χ2n) is 4.26. The van der Waals surface area contributed by atoms with Crippen LogP contribution in [0.1, 0.15) is 10.5 Å². The average Bonchev–Trinajstić information content (AvgIpc) is 2.49. The van der Waals surface area contributed by atoms with E-state index in [1.54, 1.807) is 18.2 Å². The Morgan fingerprint density at radius 2 is 2.10 bits per heavy atom. The predicted octanol–water partition coefficient (Wildman–Crippen LogP) is 1.71. The molecule has 3 aromatic rings. The number of amides is 1. The van der Waals surface area contributed by atoms with Crippen LogP contribution in [0.4, 0.5) is 10.2 Å². The summed E-state index contributed by atoms with van der Waals surface area (Å²) in [7, 11) is 0. The molecule has 3 rings (SSSR count). The number of hydrogen-bond acceptors (Lipinski definition) is 4. The van der Waals surface area contributed by atoms with Crippen LogP contribution < -0.4 is 10.7 Å². The molecule has 1 aromatic carbocycles. The van der Waals surface area contributed by atoms with Crippen LogP contribution in [-0.4, -0.2) is 21.1 Å². The zero-order valence-electron chi connectivity index (χ0n) is 10.6. The molecule has 0 fully saturated rings. The van der Waals surface area contributed by atoms with Crippen molar-refractivity contribution in [3.05, 3.63) is 64.3 Å². The first-order chi connectivity index (χ1) is 10.1. The zero-order chi connectivity index (χ0) is 14.8. The van der Waals surface area contributed by atoms with E-state index in [0.717, 1.165) is 6.07 Å². The van der Waals surface area contributed by atoms with Gasteiger partial charge in [-0.05, 0) is 30.3 Å². The number of benzene rings is 1. The molecule has 2 heterocycles. The number of anilines is 1. The fourth-order valence-corrected chi connectivity index (χ4v) is 1.86. The Balaban J connectivity index is 2.02. The third-order valence-electron chi connectivity index (χ3n) is 2.85. The van der Waals surface area contributed by atoms with Crippen LogP contribution in [0.3, 0.4) is 0 Å². The van der Waals surface area contributed by atoms with Gasteiger partial charge in [-0.25, -0.2) is 9.37 Å². The van der Waals surface area contributed by atoms with Crippen molar-refractivity contribution < 1.29 is 9.18 Å². The third kappa shape index (κ3) is 2.48. The molecule has 7 heteroatoms. The van der Waals surface area contributed by atoms with Crippen molar-refractivity contribution in [2.45, 2.75) is 0 Å². The molecule has 0 saturated carbocycles. The number of halogens is 1. The Labute approximate surface area is 117 Å². The van der Waals surface area contributed by atoms with Crippen LogP contribution in [0.2, 0.25) is 0 Å². The molecule has 2 N–H and O–H groups in total. The van der Waals surface area contributed by atoms with Crippen molar-refractivity contribution in [1.82, 2.24) is 15.2 Å². The largest absolute Gasteiger partial charge is 0.305 e. The first kappa shape index (κ1) is 12.9. The van der Waals surface area contributed by atoms with E-state index in [2.05, 4.69) is 20.5 Å². The van der Waals surface area contributed by atoms with Crippen LogP contribution >= 0.6 is 0 Å². The molecule has 0 aliphatic rings. The lowest BCUT2D eigenvalue weighted by Crippen LogP contribution is -2.24. The summed E-state index contributed by atoms with van der Waals surface area (Å²) in [6, 6.07) is 8.61. The van der Waals surface area contributed by atoms with Gasteiger partial charge < -0.3 is 5.32 Å². The number of rotatable bonds is 2. The molecular formula is C14H9FN4O2. The lowest BCUT2D eigenvalue weighted by atomic mass is 10.2. The lowest BCUT2D eigenvalue weighted by molar-refractivity contribution is 0.102. The first-order valence-corrected chi connectivity index (χ1v) is 6.05. The average molecular weight is 284 g/mol. The fourth-order valence-electron chi connectivity index (χ4n) is 1.86. The van der Waals surface area contributed by atoms with Gasteiger partial charge in [0.25, 0.3) is 5.91 Å². The van der Waals surface area contributed by atoms with Gasteiger partial charge in [-0.15, -0.1) is 0 Å². The minimum Gasteiger partial charge on any atom is -0.305 e. The number of H-pyrrole nitrogens is 1. The van der Waals surface area contributed by atoms with E-state index >= 15 is 0 Å². The Kier molecular flexibility index (Phi) is 3.15. The van der Waals surface area contributed by atoms with Gasteiger partial charge in [0.05, 0.1) is 10.9 Å². The Morgan fingerprint density at radius 3 is 2.86 bits per heavy atom. The summed E-state index contributed by atoms with van der Waals surface area (Å²) < 4.78 is 13.2. The molecule has 1 amide bonds. The molecule has 0 aliphatic heterocycles. The number of nitrogens with one attached hydrogen (secondary N) is 2. The number of nitrogens with zero attached hydrogens (tertiary/aromatic N) is 2. The van der Waals surface area contributed by atoms with Gasteiger partial charge in [0.2, 0.25) is 5.43 Å². The fraction of sp³-hybridized carbons (Fsp3) is 0. The smallest absolute Gasteiger partial charge is 0.281 e. The summed E-state index contributed by atoms with van der Waals surface area (Å²) in [5.74, 6) is -0.973. The summed E-state index contributed by atoms with van der Waals surface area (Å²) in [5, 5.41) is 8.81. The molecule has 0 unspecified atom stereocenters. The number of carbonyl (C=O) groups is 1. The van der Waals surface area contributed by atoms with Gasteiger partial charge >= 0.3 is 0 Å². The van der Waals surface area contributed by atoms with Crippen molar-refractivity contribution in [3.63, 3.8) is 0 Å². The van der Waals surface area contributed by atoms with E-state index in [1.165, 1.54) is 18.3 Å². The van der Waals surface area contributed by atoms with E-state index in [9.17, 15) is 14.0 Å². The molecule has 2 aromatic heterocycles. The normalized spacial score (nSPS) is 10.5. The molecule has 0 spiro atoms. The molecular weight excluding hydrogens is 275 g/mol. The first-order valence-electron chi connectivity index (χ1n) is 6.05. The number of fused-ring (bicyclic) bond motifs is 1. The summed E-state index contributed by atoms with van der Waals surface area (Å²) in [6.07, 6.45) is 1.50. The van der Waals surface area contributed by atoms with Crippen LogP contribution in [0.5, 0.6) is 0 Å². The lowest BCUT2D eigenvalue weighted by Gasteiger charge is -2.04. The molecule has 104 valence electrons. The Bertz CT molecular complexity index is 877. The summed E-state index contributed by atoms with van der Waals surface area (Å²) >= 11 is 0. The van der Waals surface area contributed by atoms with E-state index in [4.69, 9.17) is 0 Å². The molecule has 0 bridgehead atoms. The number of aromatic amines is 1. The van der Waals surface area contributed by atoms with Gasteiger partial charge in [-0.3, -0.25) is 14.7 Å². The van der Waals surface area contributed by atoms with E-state index in [-0.39, 0.29) is 11.1 Å². The minimum absolute atomic E-state index is 0.0659. The SMILES string of the molecule is O=C(Nc1ccccn1)c1n[nH]c2ccc(F)cc2c1=O. The van der Waals surface area contributed by atoms with Crippen molar-refractivity contribution in [2.75, 3.05) is 5.32 Å². The highest BCUT2D eigenvalue weighted by Crippen LogP contribution is 2.09. The van der Waals surface area contributed by atoms with Crippen molar-refractivity contribution in [3.8, 4) is 0 Å². The molecule has 21 heavy (non-hydrogen) atoms. The van der Waals surface area contributed by atoms with Gasteiger partial charge in [0.15, 0.2) is 5.69 Å². The van der Waals surface area contributed by atoms with Crippen LogP contribution in [-0.2, 0) is 0 Å². The van der Waals surface area contributed by atoms with E-state index < -0.39 is 17.2 Å². The molecule has 6 nitrogen and oxygen atoms in total. The topological polar surface area (TPSA) is 87.7 Å². The molecule has 0 saturated heterocycles. The summed E-state index contributed by atoms with van der Waals surface area (Å²) in [4.78, 5) is 28.1. The zero-order valence-corrected chi connectivity index (χ0v) is 10.6. The van der Waals surface area contributed by atoms with Crippen molar-refractivity contribution in [2.24, 2.45) is 0 Å². The van der Waals surface area contributed by atoms with Gasteiger partial charge in [0.1, 0.15) is 11.6 Å². The maximum Gasteiger partial charge on any atom is 0.281 e. The number of carbonyl (C=O) groups excluding carboxylic acids is 1. The highest BCUT2D eigenvalue weighted by atomic mass is 19.1. The minimum atomic E-state index is -0.707. The van der Waals surface area contributed by atoms with Crippen LogP contribution in [0.15, 0.2) is 47.4 Å². The Morgan fingerprint density at radius 1 is 1.24 bits per heavy atom. The standard InChI is InChI=1S/C14H9FN4O2/c15-8-4-5-10-9(7-8)13(20)12(19-18-10)14(21)17-11-3-1-2-6-16-11/h1-7H,(H,18,20)(H,16,17,21). The molecule has 0 aliphatic carbocycles. The van der Waals surface area contributed by atoms with Gasteiger partial charge in [-0.1, -0.05) is 6.07 Å². The Hall–Kier alpha value is -3.09. The second-order valence-corrected chi connectivity index (χ2v) is 4.26. The van der Waals surface area contributed by atoms with Gasteiger partial charge in [0, 0.05) is 6.20 Å². The maximum absolute atomic E-state index is 13.2. The maximum atomic E-state index is 13.2.